The number of carbonyl (C=O) groups is 2. The number of hydrogen-bond acceptors (Lipinski definition) is 6. The zero-order valence-electron chi connectivity index (χ0n) is 16.6. The van der Waals surface area contributed by atoms with Gasteiger partial charge in [0.15, 0.2) is 18.1 Å². The Kier molecular flexibility index (Phi) is 6.39. The average molecular weight is 397 g/mol. The van der Waals surface area contributed by atoms with Gasteiger partial charge in [-0.25, -0.2) is 0 Å². The number of rotatable bonds is 8. The Morgan fingerprint density at radius 3 is 2.59 bits per heavy atom. The van der Waals surface area contributed by atoms with Crippen molar-refractivity contribution >= 4 is 22.8 Å². The summed E-state index contributed by atoms with van der Waals surface area (Å²) in [5, 5.41) is 3.57. The monoisotopic (exact) mass is 397 g/mol. The van der Waals surface area contributed by atoms with Crippen molar-refractivity contribution in [3.05, 3.63) is 59.4 Å². The SMILES string of the molecule is COc1ccc(CNC(=O)COC(=O)Cc2coc3cc(C)ccc23)cc1OC. The number of ether oxygens (including phenoxy) is 3. The van der Waals surface area contributed by atoms with Gasteiger partial charge in [0.2, 0.25) is 0 Å². The largest absolute Gasteiger partial charge is 0.493 e. The van der Waals surface area contributed by atoms with E-state index in [1.165, 1.54) is 0 Å². The van der Waals surface area contributed by atoms with Gasteiger partial charge in [-0.05, 0) is 36.2 Å². The first-order chi connectivity index (χ1) is 14.0. The molecule has 3 rings (SSSR count). The third-order valence-electron chi connectivity index (χ3n) is 4.45. The number of furan rings is 1. The van der Waals surface area contributed by atoms with Crippen molar-refractivity contribution in [1.82, 2.24) is 5.32 Å². The summed E-state index contributed by atoms with van der Waals surface area (Å²) >= 11 is 0. The standard InChI is InChI=1S/C22H23NO6/c1-14-4-6-17-16(12-28-19(17)8-14)10-22(25)29-13-21(24)23-11-15-5-7-18(26-2)20(9-15)27-3/h4-9,12H,10-11,13H2,1-3H3,(H,23,24). The van der Waals surface area contributed by atoms with Crippen molar-refractivity contribution in [3.8, 4) is 11.5 Å². The fourth-order valence-corrected chi connectivity index (χ4v) is 2.92. The quantitative estimate of drug-likeness (QED) is 0.588. The maximum atomic E-state index is 12.1. The Bertz CT molecular complexity index is 1020. The van der Waals surface area contributed by atoms with Crippen molar-refractivity contribution in [2.45, 2.75) is 19.9 Å². The highest BCUT2D eigenvalue weighted by atomic mass is 16.5. The molecule has 29 heavy (non-hydrogen) atoms. The van der Waals surface area contributed by atoms with Crippen LogP contribution in [0.1, 0.15) is 16.7 Å². The minimum atomic E-state index is -0.491. The molecule has 152 valence electrons. The van der Waals surface area contributed by atoms with Crippen molar-refractivity contribution in [3.63, 3.8) is 0 Å². The molecular formula is C22H23NO6. The van der Waals surface area contributed by atoms with E-state index in [1.807, 2.05) is 31.2 Å². The fourth-order valence-electron chi connectivity index (χ4n) is 2.92. The summed E-state index contributed by atoms with van der Waals surface area (Å²) < 4.78 is 21.0. The molecule has 1 N–H and O–H groups in total. The van der Waals surface area contributed by atoms with E-state index in [0.717, 1.165) is 27.7 Å². The van der Waals surface area contributed by atoms with Gasteiger partial charge < -0.3 is 23.9 Å². The molecule has 0 aliphatic heterocycles. The molecule has 0 saturated carbocycles. The fraction of sp³-hybridized carbons (Fsp3) is 0.273. The molecule has 0 bridgehead atoms. The summed E-state index contributed by atoms with van der Waals surface area (Å²) in [7, 11) is 3.10. The van der Waals surface area contributed by atoms with E-state index in [9.17, 15) is 9.59 Å². The molecule has 0 saturated heterocycles. The average Bonchev–Trinajstić information content (AvgIpc) is 3.11. The lowest BCUT2D eigenvalue weighted by Crippen LogP contribution is -2.28. The normalized spacial score (nSPS) is 10.6. The number of aryl methyl sites for hydroxylation is 1. The maximum Gasteiger partial charge on any atom is 0.310 e. The number of benzene rings is 2. The van der Waals surface area contributed by atoms with E-state index >= 15 is 0 Å². The summed E-state index contributed by atoms with van der Waals surface area (Å²) in [5.41, 5.74) is 3.37. The van der Waals surface area contributed by atoms with Crippen LogP contribution in [0.15, 0.2) is 47.1 Å². The van der Waals surface area contributed by atoms with Gasteiger partial charge in [-0.3, -0.25) is 9.59 Å². The molecule has 3 aromatic rings. The predicted molar refractivity (Wildman–Crippen MR) is 107 cm³/mol. The zero-order chi connectivity index (χ0) is 20.8. The van der Waals surface area contributed by atoms with Crippen LogP contribution in [0.2, 0.25) is 0 Å². The van der Waals surface area contributed by atoms with E-state index < -0.39 is 5.97 Å². The number of amides is 1. The molecule has 0 radical (unpaired) electrons. The van der Waals surface area contributed by atoms with E-state index in [-0.39, 0.29) is 25.5 Å². The van der Waals surface area contributed by atoms with Crippen LogP contribution in [-0.2, 0) is 27.3 Å². The van der Waals surface area contributed by atoms with Gasteiger partial charge in [-0.1, -0.05) is 18.2 Å². The Morgan fingerprint density at radius 2 is 1.83 bits per heavy atom. The number of esters is 1. The summed E-state index contributed by atoms with van der Waals surface area (Å²) in [6.45, 7) is 1.90. The Morgan fingerprint density at radius 1 is 1.03 bits per heavy atom. The molecule has 1 aromatic heterocycles. The molecule has 0 fully saturated rings. The number of fused-ring (bicyclic) bond motifs is 1. The van der Waals surface area contributed by atoms with E-state index in [4.69, 9.17) is 18.6 Å². The highest BCUT2D eigenvalue weighted by Crippen LogP contribution is 2.27. The summed E-state index contributed by atoms with van der Waals surface area (Å²) in [6, 6.07) is 11.1. The summed E-state index contributed by atoms with van der Waals surface area (Å²) in [6.07, 6.45) is 1.58. The third kappa shape index (κ3) is 5.07. The minimum Gasteiger partial charge on any atom is -0.493 e. The van der Waals surface area contributed by atoms with Crippen LogP contribution in [0.4, 0.5) is 0 Å². The smallest absolute Gasteiger partial charge is 0.310 e. The second kappa shape index (κ2) is 9.14. The third-order valence-corrected chi connectivity index (χ3v) is 4.45. The lowest BCUT2D eigenvalue weighted by Gasteiger charge is -2.10. The van der Waals surface area contributed by atoms with Gasteiger partial charge in [-0.2, -0.15) is 0 Å². The van der Waals surface area contributed by atoms with Crippen LogP contribution in [0, 0.1) is 6.92 Å². The van der Waals surface area contributed by atoms with E-state index in [0.29, 0.717) is 11.5 Å². The van der Waals surface area contributed by atoms with Crippen molar-refractivity contribution < 1.29 is 28.2 Å². The predicted octanol–water partition coefficient (Wildman–Crippen LogP) is 3.16. The van der Waals surface area contributed by atoms with Crippen LogP contribution in [0.5, 0.6) is 11.5 Å². The van der Waals surface area contributed by atoms with Crippen molar-refractivity contribution in [1.29, 1.82) is 0 Å². The summed E-state index contributed by atoms with van der Waals surface area (Å²) in [4.78, 5) is 24.1. The second-order valence-corrected chi connectivity index (χ2v) is 6.56. The number of methoxy groups -OCH3 is 2. The van der Waals surface area contributed by atoms with Gasteiger partial charge in [0.25, 0.3) is 5.91 Å². The number of hydrogen-bond donors (Lipinski definition) is 1. The molecule has 7 nitrogen and oxygen atoms in total. The minimum absolute atomic E-state index is 0.0407. The van der Waals surface area contributed by atoms with Crippen LogP contribution >= 0.6 is 0 Å². The molecule has 1 amide bonds. The molecule has 1 heterocycles. The molecule has 2 aromatic carbocycles. The van der Waals surface area contributed by atoms with Crippen LogP contribution in [0.3, 0.4) is 0 Å². The number of nitrogens with one attached hydrogen (secondary N) is 1. The first kappa shape index (κ1) is 20.3. The molecular weight excluding hydrogens is 374 g/mol. The van der Waals surface area contributed by atoms with Gasteiger partial charge in [0.1, 0.15) is 5.58 Å². The molecule has 7 heteroatoms. The van der Waals surface area contributed by atoms with Gasteiger partial charge in [0, 0.05) is 17.5 Å². The molecule has 0 atom stereocenters. The summed E-state index contributed by atoms with van der Waals surface area (Å²) in [5.74, 6) is 0.307. The van der Waals surface area contributed by atoms with Gasteiger partial charge >= 0.3 is 5.97 Å². The van der Waals surface area contributed by atoms with Crippen LogP contribution < -0.4 is 14.8 Å². The number of carbonyl (C=O) groups excluding carboxylic acids is 2. The Hall–Kier alpha value is -3.48. The highest BCUT2D eigenvalue weighted by molar-refractivity contribution is 5.87. The second-order valence-electron chi connectivity index (χ2n) is 6.56. The zero-order valence-corrected chi connectivity index (χ0v) is 16.6. The Labute approximate surface area is 168 Å². The van der Waals surface area contributed by atoms with Crippen LogP contribution in [-0.4, -0.2) is 32.7 Å². The lowest BCUT2D eigenvalue weighted by atomic mass is 10.1. The Balaban J connectivity index is 1.48. The molecule has 0 aliphatic carbocycles. The van der Waals surface area contributed by atoms with Gasteiger partial charge in [-0.15, -0.1) is 0 Å². The van der Waals surface area contributed by atoms with E-state index in [1.54, 1.807) is 32.6 Å². The first-order valence-electron chi connectivity index (χ1n) is 9.10. The molecule has 0 unspecified atom stereocenters. The molecule has 0 spiro atoms. The molecule has 0 aliphatic rings. The topological polar surface area (TPSA) is 87.0 Å². The maximum absolute atomic E-state index is 12.1. The van der Waals surface area contributed by atoms with Crippen molar-refractivity contribution in [2.24, 2.45) is 0 Å². The highest BCUT2D eigenvalue weighted by Gasteiger charge is 2.13. The van der Waals surface area contributed by atoms with Gasteiger partial charge in [0.05, 0.1) is 26.9 Å². The van der Waals surface area contributed by atoms with Crippen molar-refractivity contribution in [2.75, 3.05) is 20.8 Å². The first-order valence-corrected chi connectivity index (χ1v) is 9.10. The van der Waals surface area contributed by atoms with Crippen LogP contribution in [0.25, 0.3) is 11.0 Å². The van der Waals surface area contributed by atoms with E-state index in [2.05, 4.69) is 5.32 Å². The lowest BCUT2D eigenvalue weighted by molar-refractivity contribution is -0.147.